The first-order valence-corrected chi connectivity index (χ1v) is 6.65. The number of carbonyl (C=O) groups excluding carboxylic acids is 1. The normalized spacial score (nSPS) is 10.2. The van der Waals surface area contributed by atoms with E-state index in [1.165, 1.54) is 17.6 Å². The maximum absolute atomic E-state index is 11.7. The van der Waals surface area contributed by atoms with Gasteiger partial charge in [-0.25, -0.2) is 5.43 Å². The van der Waals surface area contributed by atoms with Gasteiger partial charge in [-0.3, -0.25) is 4.79 Å². The Balaban J connectivity index is 2.01. The second-order valence-corrected chi connectivity index (χ2v) is 4.61. The van der Waals surface area contributed by atoms with E-state index in [4.69, 9.17) is 10.00 Å². The second-order valence-electron chi connectivity index (χ2n) is 3.66. The van der Waals surface area contributed by atoms with Crippen molar-refractivity contribution in [3.05, 3.63) is 52.2 Å². The molecular weight excluding hydrogens is 274 g/mol. The van der Waals surface area contributed by atoms with Crippen LogP contribution in [0.5, 0.6) is 5.75 Å². The molecule has 0 spiro atoms. The lowest BCUT2D eigenvalue weighted by Gasteiger charge is -2.04. The molecule has 0 bridgehead atoms. The fraction of sp³-hybridized carbons (Fsp3) is 0.0714. The van der Waals surface area contributed by atoms with E-state index in [-0.39, 0.29) is 12.5 Å². The molecule has 0 saturated heterocycles. The number of benzene rings is 1. The Morgan fingerprint density at radius 1 is 1.40 bits per heavy atom. The first-order valence-electron chi connectivity index (χ1n) is 5.77. The molecule has 100 valence electrons. The molecule has 1 N–H and O–H groups in total. The van der Waals surface area contributed by atoms with Crippen LogP contribution >= 0.6 is 11.3 Å². The molecule has 6 heteroatoms. The number of para-hydroxylation sites is 1. The summed E-state index contributed by atoms with van der Waals surface area (Å²) >= 11 is 1.34. The van der Waals surface area contributed by atoms with E-state index in [1.807, 2.05) is 17.5 Å². The van der Waals surface area contributed by atoms with E-state index in [0.717, 1.165) is 0 Å². The Morgan fingerprint density at radius 3 is 3.00 bits per heavy atom. The third-order valence-electron chi connectivity index (χ3n) is 2.33. The topological polar surface area (TPSA) is 74.5 Å². The van der Waals surface area contributed by atoms with E-state index in [2.05, 4.69) is 10.5 Å². The van der Waals surface area contributed by atoms with Gasteiger partial charge < -0.3 is 4.74 Å². The smallest absolute Gasteiger partial charge is 0.281 e. The first-order chi connectivity index (χ1) is 9.81. The Kier molecular flexibility index (Phi) is 4.87. The van der Waals surface area contributed by atoms with E-state index < -0.39 is 0 Å². The molecule has 0 radical (unpaired) electrons. The van der Waals surface area contributed by atoms with E-state index in [1.54, 1.807) is 30.3 Å². The molecule has 0 aliphatic carbocycles. The molecule has 0 saturated carbocycles. The van der Waals surface area contributed by atoms with Crippen molar-refractivity contribution in [3.63, 3.8) is 0 Å². The zero-order chi connectivity index (χ0) is 14.2. The number of hydrogen-bond acceptors (Lipinski definition) is 5. The van der Waals surface area contributed by atoms with Gasteiger partial charge in [-0.1, -0.05) is 18.2 Å². The van der Waals surface area contributed by atoms with Crippen molar-refractivity contribution in [2.75, 3.05) is 6.61 Å². The highest BCUT2D eigenvalue weighted by Crippen LogP contribution is 2.15. The third-order valence-corrected chi connectivity index (χ3v) is 3.19. The SMILES string of the molecule is N#CCOc1ccccc1/C=N\NC(=O)c1cccs1. The van der Waals surface area contributed by atoms with Crippen LogP contribution in [0.4, 0.5) is 0 Å². The summed E-state index contributed by atoms with van der Waals surface area (Å²) in [5.41, 5.74) is 3.13. The molecule has 0 aliphatic rings. The maximum Gasteiger partial charge on any atom is 0.281 e. The fourth-order valence-electron chi connectivity index (χ4n) is 1.45. The second kappa shape index (κ2) is 7.07. The summed E-state index contributed by atoms with van der Waals surface area (Å²) < 4.78 is 5.25. The largest absolute Gasteiger partial charge is 0.478 e. The number of nitrogens with one attached hydrogen (secondary N) is 1. The molecule has 0 aliphatic heterocycles. The van der Waals surface area contributed by atoms with Crippen molar-refractivity contribution in [3.8, 4) is 11.8 Å². The molecule has 0 unspecified atom stereocenters. The number of hydrazone groups is 1. The summed E-state index contributed by atoms with van der Waals surface area (Å²) in [6.07, 6.45) is 1.48. The number of hydrogen-bond donors (Lipinski definition) is 1. The molecular formula is C14H11N3O2S. The summed E-state index contributed by atoms with van der Waals surface area (Å²) in [6.45, 7) is -0.0353. The summed E-state index contributed by atoms with van der Waals surface area (Å²) in [6, 6.07) is 12.6. The highest BCUT2D eigenvalue weighted by molar-refractivity contribution is 7.12. The first kappa shape index (κ1) is 13.8. The third kappa shape index (κ3) is 3.67. The van der Waals surface area contributed by atoms with Gasteiger partial charge in [-0.2, -0.15) is 10.4 Å². The van der Waals surface area contributed by atoms with Gasteiger partial charge in [0.15, 0.2) is 6.61 Å². The van der Waals surface area contributed by atoms with Crippen LogP contribution < -0.4 is 10.2 Å². The van der Waals surface area contributed by atoms with Gasteiger partial charge in [0.2, 0.25) is 0 Å². The predicted molar refractivity (Wildman–Crippen MR) is 76.9 cm³/mol. The highest BCUT2D eigenvalue weighted by atomic mass is 32.1. The van der Waals surface area contributed by atoms with Crippen LogP contribution in [0.1, 0.15) is 15.2 Å². The molecule has 1 aromatic heterocycles. The van der Waals surface area contributed by atoms with Gasteiger partial charge in [0.25, 0.3) is 5.91 Å². The van der Waals surface area contributed by atoms with E-state index in [0.29, 0.717) is 16.2 Å². The lowest BCUT2D eigenvalue weighted by molar-refractivity contribution is 0.0959. The number of nitriles is 1. The molecule has 0 fully saturated rings. The number of rotatable bonds is 5. The van der Waals surface area contributed by atoms with E-state index in [9.17, 15) is 4.79 Å². The zero-order valence-corrected chi connectivity index (χ0v) is 11.3. The molecule has 1 aromatic carbocycles. The molecule has 1 heterocycles. The molecule has 5 nitrogen and oxygen atoms in total. The number of nitrogens with zero attached hydrogens (tertiary/aromatic N) is 2. The van der Waals surface area contributed by atoms with Gasteiger partial charge in [0, 0.05) is 5.56 Å². The van der Waals surface area contributed by atoms with Crippen LogP contribution in [0.15, 0.2) is 46.9 Å². The Labute approximate surface area is 120 Å². The standard InChI is InChI=1S/C14H11N3O2S/c15-7-8-19-12-5-2-1-4-11(12)10-16-17-14(18)13-6-3-9-20-13/h1-6,9-10H,8H2,(H,17,18)/b16-10-. The number of thiophene rings is 1. The molecule has 2 rings (SSSR count). The number of ether oxygens (including phenoxy) is 1. The summed E-state index contributed by atoms with van der Waals surface area (Å²) in [5.74, 6) is 0.287. The van der Waals surface area contributed by atoms with Gasteiger partial charge in [-0.05, 0) is 23.6 Å². The van der Waals surface area contributed by atoms with Crippen LogP contribution in [-0.4, -0.2) is 18.7 Å². The van der Waals surface area contributed by atoms with E-state index >= 15 is 0 Å². The zero-order valence-electron chi connectivity index (χ0n) is 10.4. The minimum absolute atomic E-state index is 0.0353. The van der Waals surface area contributed by atoms with Crippen molar-refractivity contribution in [1.29, 1.82) is 5.26 Å². The predicted octanol–water partition coefficient (Wildman–Crippen LogP) is 2.41. The maximum atomic E-state index is 11.7. The van der Waals surface area contributed by atoms with Crippen LogP contribution in [-0.2, 0) is 0 Å². The molecule has 0 atom stereocenters. The number of amides is 1. The van der Waals surface area contributed by atoms with Crippen LogP contribution in [0.2, 0.25) is 0 Å². The summed E-state index contributed by atoms with van der Waals surface area (Å²) in [7, 11) is 0. The summed E-state index contributed by atoms with van der Waals surface area (Å²) in [5, 5.41) is 14.2. The molecule has 20 heavy (non-hydrogen) atoms. The Bertz CT molecular complexity index is 645. The number of carbonyl (C=O) groups is 1. The Morgan fingerprint density at radius 2 is 2.25 bits per heavy atom. The van der Waals surface area contributed by atoms with Crippen LogP contribution in [0, 0.1) is 11.3 Å². The average Bonchev–Trinajstić information content (AvgIpc) is 3.00. The minimum atomic E-state index is -0.258. The van der Waals surface area contributed by atoms with Crippen molar-refractivity contribution < 1.29 is 9.53 Å². The summed E-state index contributed by atoms with van der Waals surface area (Å²) in [4.78, 5) is 12.3. The van der Waals surface area contributed by atoms with Crippen molar-refractivity contribution in [2.24, 2.45) is 5.10 Å². The average molecular weight is 285 g/mol. The molecule has 2 aromatic rings. The quantitative estimate of drug-likeness (QED) is 0.677. The van der Waals surface area contributed by atoms with Crippen LogP contribution in [0.25, 0.3) is 0 Å². The van der Waals surface area contributed by atoms with Crippen molar-refractivity contribution in [2.45, 2.75) is 0 Å². The lowest BCUT2D eigenvalue weighted by atomic mass is 10.2. The molecule has 1 amide bonds. The van der Waals surface area contributed by atoms with Gasteiger partial charge in [-0.15, -0.1) is 11.3 Å². The Hall–Kier alpha value is -2.65. The van der Waals surface area contributed by atoms with Gasteiger partial charge >= 0.3 is 0 Å². The van der Waals surface area contributed by atoms with Gasteiger partial charge in [0.1, 0.15) is 11.8 Å². The van der Waals surface area contributed by atoms with Crippen molar-refractivity contribution in [1.82, 2.24) is 5.43 Å². The monoisotopic (exact) mass is 285 g/mol. The fourth-order valence-corrected chi connectivity index (χ4v) is 2.07. The highest BCUT2D eigenvalue weighted by Gasteiger charge is 2.04. The van der Waals surface area contributed by atoms with Gasteiger partial charge in [0.05, 0.1) is 11.1 Å². The minimum Gasteiger partial charge on any atom is -0.478 e. The van der Waals surface area contributed by atoms with Crippen molar-refractivity contribution >= 4 is 23.5 Å². The van der Waals surface area contributed by atoms with Crippen LogP contribution in [0.3, 0.4) is 0 Å². The lowest BCUT2D eigenvalue weighted by Crippen LogP contribution is -2.16.